The lowest BCUT2D eigenvalue weighted by Gasteiger charge is -2.22. The molecule has 6 heteroatoms. The molecule has 102 valence electrons. The van der Waals surface area contributed by atoms with E-state index >= 15 is 0 Å². The average molecular weight is 264 g/mol. The molecule has 1 rings (SSSR count). The van der Waals surface area contributed by atoms with Crippen LogP contribution >= 0.6 is 0 Å². The van der Waals surface area contributed by atoms with Gasteiger partial charge in [-0.05, 0) is 12.1 Å². The van der Waals surface area contributed by atoms with E-state index in [0.29, 0.717) is 0 Å². The van der Waals surface area contributed by atoms with Crippen molar-refractivity contribution in [1.29, 1.82) is 0 Å². The summed E-state index contributed by atoms with van der Waals surface area (Å²) in [7, 11) is 0. The Hall–Kier alpha value is -1.46. The first-order chi connectivity index (χ1) is 8.15. The van der Waals surface area contributed by atoms with Gasteiger partial charge < -0.3 is 11.5 Å². The van der Waals surface area contributed by atoms with Gasteiger partial charge in [-0.25, -0.2) is 17.6 Å². The van der Waals surface area contributed by atoms with Gasteiger partial charge >= 0.3 is 0 Å². The summed E-state index contributed by atoms with van der Waals surface area (Å²) in [5, 5.41) is 0. The molecule has 2 nitrogen and oxygen atoms in total. The maximum atomic E-state index is 13.5. The summed E-state index contributed by atoms with van der Waals surface area (Å²) in [4.78, 5) is 0. The smallest absolute Gasteiger partial charge is 0.275 e. The number of nitrogens with two attached hydrogens (primary N) is 2. The summed E-state index contributed by atoms with van der Waals surface area (Å²) in [6.45, 7) is 2.56. The summed E-state index contributed by atoms with van der Waals surface area (Å²) in [6, 6.07) is 1.69. The lowest BCUT2D eigenvalue weighted by molar-refractivity contribution is -0.0111. The van der Waals surface area contributed by atoms with Crippen molar-refractivity contribution in [3.63, 3.8) is 0 Å². The maximum absolute atomic E-state index is 13.5. The van der Waals surface area contributed by atoms with E-state index in [2.05, 4.69) is 0 Å². The van der Waals surface area contributed by atoms with Gasteiger partial charge in [0.15, 0.2) is 0 Å². The number of hydrogen-bond acceptors (Lipinski definition) is 2. The first kappa shape index (κ1) is 14.6. The van der Waals surface area contributed by atoms with Gasteiger partial charge in [-0.15, -0.1) is 0 Å². The van der Waals surface area contributed by atoms with E-state index in [9.17, 15) is 17.6 Å². The second-order valence-electron chi connectivity index (χ2n) is 4.14. The van der Waals surface area contributed by atoms with Gasteiger partial charge in [0.1, 0.15) is 0 Å². The highest BCUT2D eigenvalue weighted by Crippen LogP contribution is 2.42. The van der Waals surface area contributed by atoms with Crippen LogP contribution in [0.2, 0.25) is 0 Å². The van der Waals surface area contributed by atoms with Gasteiger partial charge in [0.2, 0.25) is 0 Å². The quantitative estimate of drug-likeness (QED) is 0.641. The standard InChI is InChI=1S/C12H16F4N2/c1-3-11(13,14)7-5-10(18)8(6-9(7)17)12(15,16)4-2/h5-6H,3-4,17-18H2,1-2H3. The Morgan fingerprint density at radius 1 is 0.833 bits per heavy atom. The molecule has 0 saturated carbocycles. The third-order valence-corrected chi connectivity index (χ3v) is 2.90. The van der Waals surface area contributed by atoms with Gasteiger partial charge in [-0.2, -0.15) is 0 Å². The molecule has 0 aromatic heterocycles. The van der Waals surface area contributed by atoms with Crippen molar-refractivity contribution in [3.05, 3.63) is 23.3 Å². The van der Waals surface area contributed by atoms with Crippen molar-refractivity contribution in [3.8, 4) is 0 Å². The molecule has 0 heterocycles. The van der Waals surface area contributed by atoms with E-state index in [1.807, 2.05) is 0 Å². The predicted molar refractivity (Wildman–Crippen MR) is 63.6 cm³/mol. The Balaban J connectivity index is 3.38. The van der Waals surface area contributed by atoms with Crippen molar-refractivity contribution in [1.82, 2.24) is 0 Å². The molecule has 0 spiro atoms. The highest BCUT2D eigenvalue weighted by molar-refractivity contribution is 5.63. The fourth-order valence-corrected chi connectivity index (χ4v) is 1.65. The van der Waals surface area contributed by atoms with E-state index in [1.54, 1.807) is 0 Å². The number of benzene rings is 1. The second kappa shape index (κ2) is 4.66. The minimum atomic E-state index is -3.17. The molecule has 0 saturated heterocycles. The topological polar surface area (TPSA) is 52.0 Å². The number of hydrogen-bond donors (Lipinski definition) is 2. The number of nitrogen functional groups attached to an aromatic ring is 2. The van der Waals surface area contributed by atoms with Crippen LogP contribution in [-0.2, 0) is 11.8 Å². The zero-order valence-corrected chi connectivity index (χ0v) is 10.2. The second-order valence-corrected chi connectivity index (χ2v) is 4.14. The Labute approximate surface area is 103 Å². The molecular formula is C12H16F4N2. The molecule has 0 atom stereocenters. The van der Waals surface area contributed by atoms with Crippen molar-refractivity contribution in [2.24, 2.45) is 0 Å². The van der Waals surface area contributed by atoms with Crippen LogP contribution in [0.4, 0.5) is 28.9 Å². The number of alkyl halides is 4. The SMILES string of the molecule is CCC(F)(F)c1cc(N)c(C(F)(F)CC)cc1N. The summed E-state index contributed by atoms with van der Waals surface area (Å²) in [5.74, 6) is -6.34. The molecule has 0 amide bonds. The molecule has 0 aliphatic heterocycles. The molecule has 0 aliphatic carbocycles. The highest BCUT2D eigenvalue weighted by Gasteiger charge is 2.36. The molecule has 0 unspecified atom stereocenters. The summed E-state index contributed by atoms with van der Waals surface area (Å²) in [5.41, 5.74) is 9.14. The fraction of sp³-hybridized carbons (Fsp3) is 0.500. The lowest BCUT2D eigenvalue weighted by Crippen LogP contribution is -2.19. The molecular weight excluding hydrogens is 248 g/mol. The van der Waals surface area contributed by atoms with Gasteiger partial charge in [0.25, 0.3) is 11.8 Å². The van der Waals surface area contributed by atoms with Crippen LogP contribution in [0, 0.1) is 0 Å². The molecule has 18 heavy (non-hydrogen) atoms. The molecule has 0 radical (unpaired) electrons. The predicted octanol–water partition coefficient (Wildman–Crippen LogP) is 3.85. The zero-order chi connectivity index (χ0) is 14.1. The van der Waals surface area contributed by atoms with Crippen molar-refractivity contribution < 1.29 is 17.6 Å². The van der Waals surface area contributed by atoms with Crippen LogP contribution in [-0.4, -0.2) is 0 Å². The molecule has 0 fully saturated rings. The van der Waals surface area contributed by atoms with Crippen LogP contribution in [0.25, 0.3) is 0 Å². The fourth-order valence-electron chi connectivity index (χ4n) is 1.65. The van der Waals surface area contributed by atoms with E-state index in [-0.39, 0.29) is 11.4 Å². The van der Waals surface area contributed by atoms with Gasteiger partial charge in [-0.1, -0.05) is 13.8 Å². The minimum Gasteiger partial charge on any atom is -0.398 e. The van der Waals surface area contributed by atoms with E-state index in [4.69, 9.17) is 11.5 Å². The van der Waals surface area contributed by atoms with Crippen molar-refractivity contribution in [2.45, 2.75) is 38.5 Å². The van der Waals surface area contributed by atoms with E-state index in [1.165, 1.54) is 13.8 Å². The molecule has 4 N–H and O–H groups in total. The monoisotopic (exact) mass is 264 g/mol. The van der Waals surface area contributed by atoms with Crippen molar-refractivity contribution in [2.75, 3.05) is 11.5 Å². The molecule has 1 aromatic carbocycles. The van der Waals surface area contributed by atoms with Crippen molar-refractivity contribution >= 4 is 11.4 Å². The molecule has 1 aromatic rings. The Kier molecular flexibility index (Phi) is 3.78. The lowest BCUT2D eigenvalue weighted by atomic mass is 9.96. The van der Waals surface area contributed by atoms with Gasteiger partial charge in [-0.3, -0.25) is 0 Å². The minimum absolute atomic E-state index is 0.362. The van der Waals surface area contributed by atoms with Crippen LogP contribution in [0.3, 0.4) is 0 Å². The average Bonchev–Trinajstić information content (AvgIpc) is 2.31. The first-order valence-electron chi connectivity index (χ1n) is 5.61. The van der Waals surface area contributed by atoms with Crippen LogP contribution in [0.5, 0.6) is 0 Å². The van der Waals surface area contributed by atoms with Gasteiger partial charge in [0.05, 0.1) is 0 Å². The maximum Gasteiger partial charge on any atom is 0.275 e. The molecule has 0 aliphatic rings. The number of halogens is 4. The highest BCUT2D eigenvalue weighted by atomic mass is 19.3. The summed E-state index contributed by atoms with van der Waals surface area (Å²) < 4.78 is 54.1. The normalized spacial score (nSPS) is 12.8. The summed E-state index contributed by atoms with van der Waals surface area (Å²) >= 11 is 0. The first-order valence-corrected chi connectivity index (χ1v) is 5.61. The van der Waals surface area contributed by atoms with Crippen LogP contribution in [0.15, 0.2) is 12.1 Å². The van der Waals surface area contributed by atoms with Gasteiger partial charge in [0, 0.05) is 35.3 Å². The Morgan fingerprint density at radius 3 is 1.33 bits per heavy atom. The largest absolute Gasteiger partial charge is 0.398 e. The third-order valence-electron chi connectivity index (χ3n) is 2.90. The van der Waals surface area contributed by atoms with Crippen LogP contribution < -0.4 is 11.5 Å². The Bertz CT molecular complexity index is 402. The van der Waals surface area contributed by atoms with E-state index < -0.39 is 35.8 Å². The Morgan fingerprint density at radius 2 is 1.11 bits per heavy atom. The molecule has 0 bridgehead atoms. The van der Waals surface area contributed by atoms with E-state index in [0.717, 1.165) is 12.1 Å². The zero-order valence-electron chi connectivity index (χ0n) is 10.2. The third kappa shape index (κ3) is 2.52. The van der Waals surface area contributed by atoms with Crippen LogP contribution in [0.1, 0.15) is 37.8 Å². The number of rotatable bonds is 4. The summed E-state index contributed by atoms with van der Waals surface area (Å²) in [6.07, 6.45) is -0.944. The number of anilines is 2.